The highest BCUT2D eigenvalue weighted by Gasteiger charge is 2.15. The lowest BCUT2D eigenvalue weighted by atomic mass is 10.2. The van der Waals surface area contributed by atoms with Crippen molar-refractivity contribution >= 4 is 17.3 Å². The minimum Gasteiger partial charge on any atom is -0.497 e. The van der Waals surface area contributed by atoms with Gasteiger partial charge in [-0.1, -0.05) is 12.8 Å². The molecule has 0 bridgehead atoms. The zero-order valence-corrected chi connectivity index (χ0v) is 12.9. The number of hydrogen-bond donors (Lipinski definition) is 2. The maximum Gasteiger partial charge on any atom is 0.166 e. The third kappa shape index (κ3) is 4.00. The summed E-state index contributed by atoms with van der Waals surface area (Å²) in [5, 5.41) is 7.32. The third-order valence-corrected chi connectivity index (χ3v) is 3.89. The largest absolute Gasteiger partial charge is 0.497 e. The van der Waals surface area contributed by atoms with Crippen molar-refractivity contribution in [3.05, 3.63) is 23.8 Å². The summed E-state index contributed by atoms with van der Waals surface area (Å²) in [5.74, 6) is 1.60. The predicted molar refractivity (Wildman–Crippen MR) is 84.4 cm³/mol. The molecule has 0 aliphatic heterocycles. The number of benzene rings is 1. The summed E-state index contributed by atoms with van der Waals surface area (Å²) in [5.41, 5.74) is 1.06. The van der Waals surface area contributed by atoms with Gasteiger partial charge in [-0.25, -0.2) is 0 Å². The van der Waals surface area contributed by atoms with E-state index in [0.717, 1.165) is 22.2 Å². The molecule has 0 unspecified atom stereocenters. The maximum atomic E-state index is 5.37. The quantitative estimate of drug-likeness (QED) is 0.817. The fourth-order valence-corrected chi connectivity index (χ4v) is 2.72. The first-order valence-electron chi connectivity index (χ1n) is 6.98. The summed E-state index contributed by atoms with van der Waals surface area (Å²) >= 11 is 5.33. The van der Waals surface area contributed by atoms with Gasteiger partial charge in [0.25, 0.3) is 0 Å². The molecule has 0 saturated heterocycles. The molecule has 0 aromatic heterocycles. The van der Waals surface area contributed by atoms with Gasteiger partial charge >= 0.3 is 0 Å². The van der Waals surface area contributed by atoms with E-state index in [-0.39, 0.29) is 0 Å². The van der Waals surface area contributed by atoms with Gasteiger partial charge in [0.05, 0.1) is 14.2 Å². The first-order chi connectivity index (χ1) is 9.72. The van der Waals surface area contributed by atoms with Crippen LogP contribution >= 0.6 is 12.2 Å². The van der Waals surface area contributed by atoms with Gasteiger partial charge in [0.15, 0.2) is 5.11 Å². The highest BCUT2D eigenvalue weighted by Crippen LogP contribution is 2.24. The highest BCUT2D eigenvalue weighted by atomic mass is 32.1. The van der Waals surface area contributed by atoms with Crippen LogP contribution in [-0.4, -0.2) is 25.4 Å². The number of hydrogen-bond acceptors (Lipinski definition) is 3. The van der Waals surface area contributed by atoms with E-state index in [9.17, 15) is 0 Å². The Hall–Kier alpha value is -1.49. The van der Waals surface area contributed by atoms with Crippen molar-refractivity contribution in [2.24, 2.45) is 0 Å². The molecule has 1 aromatic rings. The molecule has 1 fully saturated rings. The van der Waals surface area contributed by atoms with Crippen LogP contribution in [-0.2, 0) is 6.54 Å². The molecular formula is C15H22N2O2S. The van der Waals surface area contributed by atoms with Gasteiger partial charge < -0.3 is 20.1 Å². The number of methoxy groups -OCH3 is 2. The molecule has 0 atom stereocenters. The first-order valence-corrected chi connectivity index (χ1v) is 7.39. The summed E-state index contributed by atoms with van der Waals surface area (Å²) in [4.78, 5) is 0. The van der Waals surface area contributed by atoms with Gasteiger partial charge in [-0.3, -0.25) is 0 Å². The molecule has 1 saturated carbocycles. The van der Waals surface area contributed by atoms with Crippen molar-refractivity contribution < 1.29 is 9.47 Å². The average molecular weight is 294 g/mol. The minimum absolute atomic E-state index is 0.535. The van der Waals surface area contributed by atoms with E-state index in [1.807, 2.05) is 18.2 Å². The lowest BCUT2D eigenvalue weighted by Crippen LogP contribution is -2.40. The molecule has 0 heterocycles. The van der Waals surface area contributed by atoms with Gasteiger partial charge in [-0.05, 0) is 37.2 Å². The van der Waals surface area contributed by atoms with Gasteiger partial charge in [0, 0.05) is 24.2 Å². The topological polar surface area (TPSA) is 42.5 Å². The van der Waals surface area contributed by atoms with Crippen LogP contribution in [0.15, 0.2) is 18.2 Å². The molecule has 2 N–H and O–H groups in total. The second-order valence-electron chi connectivity index (χ2n) is 4.99. The summed E-state index contributed by atoms with van der Waals surface area (Å²) in [6.45, 7) is 0.645. The van der Waals surface area contributed by atoms with Crippen molar-refractivity contribution in [2.45, 2.75) is 38.3 Å². The molecule has 0 radical (unpaired) electrons. The Bertz CT molecular complexity index is 459. The van der Waals surface area contributed by atoms with Crippen molar-refractivity contribution in [1.82, 2.24) is 10.6 Å². The summed E-state index contributed by atoms with van der Waals surface area (Å²) in [6.07, 6.45) is 5.03. The van der Waals surface area contributed by atoms with E-state index in [2.05, 4.69) is 10.6 Å². The van der Waals surface area contributed by atoms with Crippen LogP contribution in [0.2, 0.25) is 0 Å². The van der Waals surface area contributed by atoms with Gasteiger partial charge in [-0.15, -0.1) is 0 Å². The minimum atomic E-state index is 0.535. The Morgan fingerprint density at radius 2 is 2.00 bits per heavy atom. The molecule has 1 aliphatic rings. The first kappa shape index (κ1) is 14.9. The predicted octanol–water partition coefficient (Wildman–Crippen LogP) is 2.61. The Morgan fingerprint density at radius 3 is 2.65 bits per heavy atom. The standard InChI is InChI=1S/C15H22N2O2S/c1-18-13-8-7-11(14(9-13)19-2)10-16-15(20)17-12-5-3-4-6-12/h7-9,12H,3-6,10H2,1-2H3,(H2,16,17,20). The molecule has 5 heteroatoms. The fourth-order valence-electron chi connectivity index (χ4n) is 2.48. The van der Waals surface area contributed by atoms with Crippen molar-refractivity contribution in [1.29, 1.82) is 0 Å². The van der Waals surface area contributed by atoms with E-state index in [1.165, 1.54) is 25.7 Å². The smallest absolute Gasteiger partial charge is 0.166 e. The van der Waals surface area contributed by atoms with E-state index in [0.29, 0.717) is 12.6 Å². The molecule has 0 amide bonds. The molecule has 110 valence electrons. The monoisotopic (exact) mass is 294 g/mol. The Kier molecular flexibility index (Phi) is 5.47. The zero-order chi connectivity index (χ0) is 14.4. The van der Waals surface area contributed by atoms with Gasteiger partial charge in [0.2, 0.25) is 0 Å². The highest BCUT2D eigenvalue weighted by molar-refractivity contribution is 7.80. The Morgan fingerprint density at radius 1 is 1.25 bits per heavy atom. The van der Waals surface area contributed by atoms with Crippen LogP contribution in [0.5, 0.6) is 11.5 Å². The van der Waals surface area contributed by atoms with Gasteiger partial charge in [-0.2, -0.15) is 0 Å². The van der Waals surface area contributed by atoms with Crippen molar-refractivity contribution in [3.8, 4) is 11.5 Å². The molecule has 4 nitrogen and oxygen atoms in total. The Balaban J connectivity index is 1.87. The van der Waals surface area contributed by atoms with E-state index < -0.39 is 0 Å². The van der Waals surface area contributed by atoms with Crippen LogP contribution < -0.4 is 20.1 Å². The molecule has 20 heavy (non-hydrogen) atoms. The number of rotatable bonds is 5. The maximum absolute atomic E-state index is 5.37. The summed E-state index contributed by atoms with van der Waals surface area (Å²) < 4.78 is 10.6. The lowest BCUT2D eigenvalue weighted by molar-refractivity contribution is 0.390. The van der Waals surface area contributed by atoms with Crippen molar-refractivity contribution in [2.75, 3.05) is 14.2 Å². The molecular weight excluding hydrogens is 272 g/mol. The molecule has 2 rings (SSSR count). The molecule has 1 aromatic carbocycles. The van der Waals surface area contributed by atoms with Crippen LogP contribution in [0.25, 0.3) is 0 Å². The lowest BCUT2D eigenvalue weighted by Gasteiger charge is -2.17. The van der Waals surface area contributed by atoms with Crippen LogP contribution in [0.4, 0.5) is 0 Å². The fraction of sp³-hybridized carbons (Fsp3) is 0.533. The normalized spacial score (nSPS) is 14.9. The van der Waals surface area contributed by atoms with E-state index in [4.69, 9.17) is 21.7 Å². The second kappa shape index (κ2) is 7.33. The van der Waals surface area contributed by atoms with Crippen LogP contribution in [0.1, 0.15) is 31.2 Å². The van der Waals surface area contributed by atoms with E-state index >= 15 is 0 Å². The van der Waals surface area contributed by atoms with Gasteiger partial charge in [0.1, 0.15) is 11.5 Å². The Labute approximate surface area is 125 Å². The number of nitrogens with one attached hydrogen (secondary N) is 2. The number of thiocarbonyl (C=S) groups is 1. The zero-order valence-electron chi connectivity index (χ0n) is 12.1. The average Bonchev–Trinajstić information content (AvgIpc) is 2.97. The van der Waals surface area contributed by atoms with Crippen LogP contribution in [0.3, 0.4) is 0 Å². The van der Waals surface area contributed by atoms with Crippen molar-refractivity contribution in [3.63, 3.8) is 0 Å². The van der Waals surface area contributed by atoms with Crippen LogP contribution in [0, 0.1) is 0 Å². The second-order valence-corrected chi connectivity index (χ2v) is 5.39. The molecule has 1 aliphatic carbocycles. The summed E-state index contributed by atoms with van der Waals surface area (Å²) in [7, 11) is 3.31. The third-order valence-electron chi connectivity index (χ3n) is 3.62. The number of ether oxygens (including phenoxy) is 2. The molecule has 0 spiro atoms. The summed E-state index contributed by atoms with van der Waals surface area (Å²) in [6, 6.07) is 6.33. The SMILES string of the molecule is COc1ccc(CNC(=S)NC2CCCC2)c(OC)c1. The van der Waals surface area contributed by atoms with E-state index in [1.54, 1.807) is 14.2 Å².